The van der Waals surface area contributed by atoms with Crippen molar-refractivity contribution in [2.24, 2.45) is 11.1 Å². The lowest BCUT2D eigenvalue weighted by Gasteiger charge is -2.43. The molecule has 0 radical (unpaired) electrons. The Balaban J connectivity index is 1.90. The summed E-state index contributed by atoms with van der Waals surface area (Å²) in [5, 5.41) is 0. The zero-order valence-corrected chi connectivity index (χ0v) is 22.6. The number of hydrogen-bond donors (Lipinski definition) is 2. The standard InChI is InChI=1S/C29H41N3O4/c1-7-32(20-8-10-35-11-9-20)26-19(4)23(27(30)33)14-25(36-21-15-29(5,6)16-21)24(26)13-22-17(2)12-18(3)31-28(22)34/h12,14,20-21H,7-11,13,15-16H2,1-6H3,(H2,30,33)(H,31,34). The second-order valence-electron chi connectivity index (χ2n) is 11.3. The number of carbonyl (C=O) groups excluding carboxylic acids is 1. The van der Waals surface area contributed by atoms with Gasteiger partial charge in [0.2, 0.25) is 5.91 Å². The van der Waals surface area contributed by atoms with Gasteiger partial charge < -0.3 is 25.1 Å². The van der Waals surface area contributed by atoms with Crippen molar-refractivity contribution in [2.45, 2.75) is 85.8 Å². The summed E-state index contributed by atoms with van der Waals surface area (Å²) in [5.74, 6) is 0.196. The average Bonchev–Trinajstić information content (AvgIpc) is 2.78. The lowest BCUT2D eigenvalue weighted by molar-refractivity contribution is 0.00997. The molecule has 1 aromatic heterocycles. The van der Waals surface area contributed by atoms with Crippen LogP contribution in [0, 0.1) is 26.2 Å². The van der Waals surface area contributed by atoms with Gasteiger partial charge in [0.25, 0.3) is 5.56 Å². The number of ether oxygens (including phenoxy) is 2. The molecule has 36 heavy (non-hydrogen) atoms. The van der Waals surface area contributed by atoms with Gasteiger partial charge in [-0.05, 0) is 82.1 Å². The molecule has 2 fully saturated rings. The first-order valence-electron chi connectivity index (χ1n) is 13.2. The largest absolute Gasteiger partial charge is 0.490 e. The summed E-state index contributed by atoms with van der Waals surface area (Å²) in [6.45, 7) is 14.6. The number of aryl methyl sites for hydroxylation is 2. The molecule has 1 aromatic carbocycles. The fourth-order valence-electron chi connectivity index (χ4n) is 6.03. The number of amides is 1. The highest BCUT2D eigenvalue weighted by molar-refractivity contribution is 5.97. The van der Waals surface area contributed by atoms with Crippen LogP contribution in [0.3, 0.4) is 0 Å². The van der Waals surface area contributed by atoms with E-state index >= 15 is 0 Å². The van der Waals surface area contributed by atoms with Crippen molar-refractivity contribution in [1.82, 2.24) is 4.98 Å². The molecule has 1 saturated carbocycles. The highest BCUT2D eigenvalue weighted by Gasteiger charge is 2.39. The van der Waals surface area contributed by atoms with E-state index in [0.29, 0.717) is 30.9 Å². The van der Waals surface area contributed by atoms with Crippen molar-refractivity contribution in [3.63, 3.8) is 0 Å². The molecule has 4 rings (SSSR count). The summed E-state index contributed by atoms with van der Waals surface area (Å²) < 4.78 is 12.2. The molecule has 0 unspecified atom stereocenters. The molecule has 1 aliphatic carbocycles. The Morgan fingerprint density at radius 2 is 1.83 bits per heavy atom. The Bertz CT molecular complexity index is 1190. The summed E-state index contributed by atoms with van der Waals surface area (Å²) >= 11 is 0. The van der Waals surface area contributed by atoms with Gasteiger partial charge in [0.15, 0.2) is 0 Å². The first-order chi connectivity index (χ1) is 17.0. The van der Waals surface area contributed by atoms with E-state index in [1.165, 1.54) is 0 Å². The maximum atomic E-state index is 13.1. The third-order valence-electron chi connectivity index (χ3n) is 7.84. The van der Waals surface area contributed by atoms with E-state index in [2.05, 4.69) is 30.7 Å². The van der Waals surface area contributed by atoms with Crippen LogP contribution in [0.5, 0.6) is 5.75 Å². The highest BCUT2D eigenvalue weighted by atomic mass is 16.5. The summed E-state index contributed by atoms with van der Waals surface area (Å²) in [5.41, 5.74) is 11.8. The third kappa shape index (κ3) is 5.31. The van der Waals surface area contributed by atoms with Crippen LogP contribution in [0.1, 0.15) is 84.8 Å². The lowest BCUT2D eigenvalue weighted by atomic mass is 9.70. The van der Waals surface area contributed by atoms with Crippen LogP contribution >= 0.6 is 0 Å². The minimum atomic E-state index is -0.466. The fraction of sp³-hybridized carbons (Fsp3) is 0.586. The zero-order valence-electron chi connectivity index (χ0n) is 22.6. The van der Waals surface area contributed by atoms with Gasteiger partial charge >= 0.3 is 0 Å². The minimum absolute atomic E-state index is 0.0746. The maximum Gasteiger partial charge on any atom is 0.251 e. The van der Waals surface area contributed by atoms with Gasteiger partial charge in [-0.25, -0.2) is 0 Å². The van der Waals surface area contributed by atoms with Gasteiger partial charge in [0.1, 0.15) is 5.75 Å². The molecule has 0 atom stereocenters. The van der Waals surface area contributed by atoms with E-state index < -0.39 is 5.91 Å². The average molecular weight is 496 g/mol. The SMILES string of the molecule is CCN(c1c(C)c(C(N)=O)cc(OC2CC(C)(C)C2)c1Cc1c(C)cc(C)[nH]c1=O)C1CCOCC1. The molecule has 196 valence electrons. The predicted molar refractivity (Wildman–Crippen MR) is 143 cm³/mol. The molecule has 3 N–H and O–H groups in total. The van der Waals surface area contributed by atoms with Crippen molar-refractivity contribution < 1.29 is 14.3 Å². The molecule has 1 amide bonds. The number of nitrogens with one attached hydrogen (secondary N) is 1. The van der Waals surface area contributed by atoms with Crippen molar-refractivity contribution in [1.29, 1.82) is 0 Å². The number of primary amides is 1. The van der Waals surface area contributed by atoms with Crippen LogP contribution in [0.2, 0.25) is 0 Å². The number of nitrogens with zero attached hydrogens (tertiary/aromatic N) is 1. The van der Waals surface area contributed by atoms with E-state index in [1.54, 1.807) is 6.07 Å². The number of rotatable bonds is 8. The van der Waals surface area contributed by atoms with Gasteiger partial charge in [-0.15, -0.1) is 0 Å². The van der Waals surface area contributed by atoms with E-state index in [1.807, 2.05) is 26.8 Å². The van der Waals surface area contributed by atoms with Crippen LogP contribution in [-0.2, 0) is 11.2 Å². The summed E-state index contributed by atoms with van der Waals surface area (Å²) in [4.78, 5) is 31.0. The quantitative estimate of drug-likeness (QED) is 0.559. The van der Waals surface area contributed by atoms with Crippen molar-refractivity contribution in [3.05, 3.63) is 56.0 Å². The third-order valence-corrected chi connectivity index (χ3v) is 7.84. The van der Waals surface area contributed by atoms with Crippen LogP contribution in [0.25, 0.3) is 0 Å². The van der Waals surface area contributed by atoms with Crippen molar-refractivity contribution in [3.8, 4) is 5.75 Å². The lowest BCUT2D eigenvalue weighted by Crippen LogP contribution is -2.42. The van der Waals surface area contributed by atoms with Gasteiger partial charge in [-0.2, -0.15) is 0 Å². The summed E-state index contributed by atoms with van der Waals surface area (Å²) in [7, 11) is 0. The molecule has 1 aliphatic heterocycles. The van der Waals surface area contributed by atoms with Gasteiger partial charge in [0.05, 0.1) is 6.10 Å². The summed E-state index contributed by atoms with van der Waals surface area (Å²) in [6.07, 6.45) is 4.20. The molecule has 2 heterocycles. The Morgan fingerprint density at radius 1 is 1.17 bits per heavy atom. The summed E-state index contributed by atoms with van der Waals surface area (Å²) in [6, 6.07) is 4.08. The monoisotopic (exact) mass is 495 g/mol. The Labute approximate surface area is 214 Å². The Kier molecular flexibility index (Phi) is 7.51. The molecule has 7 heteroatoms. The molecule has 0 spiro atoms. The molecular formula is C29H41N3O4. The van der Waals surface area contributed by atoms with E-state index in [9.17, 15) is 9.59 Å². The van der Waals surface area contributed by atoms with Crippen molar-refractivity contribution in [2.75, 3.05) is 24.7 Å². The Morgan fingerprint density at radius 3 is 2.39 bits per heavy atom. The smallest absolute Gasteiger partial charge is 0.251 e. The molecule has 7 nitrogen and oxygen atoms in total. The zero-order chi connectivity index (χ0) is 26.2. The number of H-pyrrole nitrogens is 1. The number of benzene rings is 1. The molecule has 2 aliphatic rings. The second-order valence-corrected chi connectivity index (χ2v) is 11.3. The first kappa shape index (κ1) is 26.3. The number of hydrogen-bond acceptors (Lipinski definition) is 5. The number of aromatic nitrogens is 1. The van der Waals surface area contributed by atoms with Gasteiger partial charge in [-0.1, -0.05) is 13.8 Å². The van der Waals surface area contributed by atoms with Crippen LogP contribution < -0.4 is 20.9 Å². The topological polar surface area (TPSA) is 97.6 Å². The van der Waals surface area contributed by atoms with Gasteiger partial charge in [-0.3, -0.25) is 9.59 Å². The van der Waals surface area contributed by atoms with E-state index in [-0.39, 0.29) is 23.1 Å². The maximum absolute atomic E-state index is 13.1. The van der Waals surface area contributed by atoms with Crippen LogP contribution in [0.15, 0.2) is 16.9 Å². The minimum Gasteiger partial charge on any atom is -0.490 e. The molecule has 1 saturated heterocycles. The number of pyridine rings is 1. The van der Waals surface area contributed by atoms with Gasteiger partial charge in [0, 0.05) is 60.3 Å². The van der Waals surface area contributed by atoms with Crippen LogP contribution in [-0.4, -0.2) is 42.8 Å². The van der Waals surface area contributed by atoms with E-state index in [0.717, 1.165) is 65.9 Å². The number of anilines is 1. The van der Waals surface area contributed by atoms with E-state index in [4.69, 9.17) is 15.2 Å². The predicted octanol–water partition coefficient (Wildman–Crippen LogP) is 4.56. The first-order valence-corrected chi connectivity index (χ1v) is 13.2. The van der Waals surface area contributed by atoms with Crippen molar-refractivity contribution >= 4 is 11.6 Å². The number of aromatic amines is 1. The number of nitrogens with two attached hydrogens (primary N) is 1. The normalized spacial score (nSPS) is 18.1. The molecular weight excluding hydrogens is 454 g/mol. The molecule has 2 aromatic rings. The van der Waals surface area contributed by atoms with Crippen LogP contribution in [0.4, 0.5) is 5.69 Å². The molecule has 0 bridgehead atoms. The Hall–Kier alpha value is -2.80. The number of carbonyl (C=O) groups is 1. The fourth-order valence-corrected chi connectivity index (χ4v) is 6.03. The highest BCUT2D eigenvalue weighted by Crippen LogP contribution is 2.45. The second kappa shape index (κ2) is 10.3.